The van der Waals surface area contributed by atoms with Gasteiger partial charge in [-0.25, -0.2) is 0 Å². The van der Waals surface area contributed by atoms with Crippen molar-refractivity contribution in [2.24, 2.45) is 4.76 Å². The lowest BCUT2D eigenvalue weighted by Gasteiger charge is -2.18. The van der Waals surface area contributed by atoms with Crippen molar-refractivity contribution in [3.05, 3.63) is 96.1 Å². The quantitative estimate of drug-likeness (QED) is 0.506. The van der Waals surface area contributed by atoms with Gasteiger partial charge in [-0.1, -0.05) is 96.7 Å². The molecule has 0 N–H and O–H groups in total. The maximum atomic E-state index is 6.09. The van der Waals surface area contributed by atoms with Crippen LogP contribution in [0.2, 0.25) is 0 Å². The highest BCUT2D eigenvalue weighted by Gasteiger charge is 2.20. The molecule has 1 nitrogen and oxygen atoms in total. The lowest BCUT2D eigenvalue weighted by atomic mass is 10.1. The number of rotatable bonds is 4. The molecule has 0 atom stereocenters. The molecule has 0 fully saturated rings. The first-order valence-corrected chi connectivity index (χ1v) is 10.3. The van der Waals surface area contributed by atoms with Gasteiger partial charge in [0.1, 0.15) is 6.19 Å². The Kier molecular flexibility index (Phi) is 4.85. The minimum Gasteiger partial charge on any atom is -0.251 e. The predicted octanol–water partition coefficient (Wildman–Crippen LogP) is 4.46. The van der Waals surface area contributed by atoms with Crippen LogP contribution in [0.1, 0.15) is 11.1 Å². The van der Waals surface area contributed by atoms with E-state index in [1.165, 1.54) is 5.56 Å². The molecule has 0 aliphatic heterocycles. The van der Waals surface area contributed by atoms with E-state index < -0.39 is 6.19 Å². The number of hydrogen-bond acceptors (Lipinski definition) is 1. The van der Waals surface area contributed by atoms with E-state index in [2.05, 4.69) is 43.3 Å². The Bertz CT molecular complexity index is 814. The highest BCUT2D eigenvalue weighted by Crippen LogP contribution is 2.45. The second kappa shape index (κ2) is 7.04. The zero-order chi connectivity index (χ0) is 16.1. The van der Waals surface area contributed by atoms with Crippen LogP contribution in [0.5, 0.6) is 0 Å². The van der Waals surface area contributed by atoms with E-state index in [0.717, 1.165) is 16.2 Å². The SMILES string of the molecule is Cc1ccccc1C=NP(=S)(c1ccccc1)c1ccccc1. The van der Waals surface area contributed by atoms with Crippen LogP contribution in [0.15, 0.2) is 89.7 Å². The van der Waals surface area contributed by atoms with E-state index >= 15 is 0 Å². The van der Waals surface area contributed by atoms with Crippen molar-refractivity contribution in [3.8, 4) is 0 Å². The lowest BCUT2D eigenvalue weighted by Crippen LogP contribution is -2.14. The number of nitrogens with zero attached hydrogens (tertiary/aromatic N) is 1. The summed E-state index contributed by atoms with van der Waals surface area (Å²) in [6.07, 6.45) is -0.266. The molecule has 3 aromatic rings. The Hall–Kier alpha value is -2.02. The Morgan fingerprint density at radius 3 is 1.74 bits per heavy atom. The minimum absolute atomic E-state index is 1.12. The van der Waals surface area contributed by atoms with Crippen LogP contribution in [-0.2, 0) is 11.8 Å². The molecule has 0 heterocycles. The average Bonchev–Trinajstić information content (AvgIpc) is 2.62. The predicted molar refractivity (Wildman–Crippen MR) is 105 cm³/mol. The largest absolute Gasteiger partial charge is 0.251 e. The standard InChI is InChI=1S/C20H18NPS/c1-17-10-8-9-11-18(17)16-21-22(23,19-12-4-2-5-13-19)20-14-6-3-7-15-20/h2-16H,1H3. The molecule has 0 spiro atoms. The van der Waals surface area contributed by atoms with Crippen molar-refractivity contribution in [3.63, 3.8) is 0 Å². The molecular weight excluding hydrogens is 317 g/mol. The van der Waals surface area contributed by atoms with E-state index in [-0.39, 0.29) is 0 Å². The second-order valence-corrected chi connectivity index (χ2v) is 9.35. The molecule has 0 saturated heterocycles. The van der Waals surface area contributed by atoms with Crippen LogP contribution in [0.4, 0.5) is 0 Å². The molecular formula is C20H18NPS. The van der Waals surface area contributed by atoms with Gasteiger partial charge < -0.3 is 0 Å². The normalized spacial score (nSPS) is 11.7. The van der Waals surface area contributed by atoms with Crippen molar-refractivity contribution >= 4 is 34.8 Å². The first-order chi connectivity index (χ1) is 11.2. The number of hydrogen-bond donors (Lipinski definition) is 0. The molecule has 0 aromatic heterocycles. The topological polar surface area (TPSA) is 12.4 Å². The summed E-state index contributed by atoms with van der Waals surface area (Å²) >= 11 is 6.09. The van der Waals surface area contributed by atoms with Crippen molar-refractivity contribution in [2.75, 3.05) is 0 Å². The Morgan fingerprint density at radius 2 is 1.22 bits per heavy atom. The van der Waals surface area contributed by atoms with E-state index in [9.17, 15) is 0 Å². The van der Waals surface area contributed by atoms with Crippen LogP contribution in [0.25, 0.3) is 0 Å². The van der Waals surface area contributed by atoms with Crippen LogP contribution >= 0.6 is 6.19 Å². The highest BCUT2D eigenvalue weighted by atomic mass is 32.4. The molecule has 23 heavy (non-hydrogen) atoms. The lowest BCUT2D eigenvalue weighted by molar-refractivity contribution is 1.45. The highest BCUT2D eigenvalue weighted by molar-refractivity contribution is 8.21. The van der Waals surface area contributed by atoms with Gasteiger partial charge >= 0.3 is 0 Å². The van der Waals surface area contributed by atoms with E-state index in [0.29, 0.717) is 0 Å². The van der Waals surface area contributed by atoms with Gasteiger partial charge in [0.2, 0.25) is 0 Å². The maximum Gasteiger partial charge on any atom is 0.112 e. The van der Waals surface area contributed by atoms with Crippen molar-refractivity contribution < 1.29 is 0 Å². The minimum atomic E-state index is -2.21. The van der Waals surface area contributed by atoms with Crippen LogP contribution in [0, 0.1) is 6.92 Å². The maximum absolute atomic E-state index is 6.09. The molecule has 0 aliphatic rings. The third-order valence-electron chi connectivity index (χ3n) is 3.76. The number of benzene rings is 3. The van der Waals surface area contributed by atoms with E-state index in [1.807, 2.05) is 54.7 Å². The molecule has 3 heteroatoms. The van der Waals surface area contributed by atoms with Gasteiger partial charge in [-0.05, 0) is 18.1 Å². The summed E-state index contributed by atoms with van der Waals surface area (Å²) in [5, 5.41) is 2.23. The molecule has 0 aliphatic carbocycles. The fourth-order valence-corrected chi connectivity index (χ4v) is 5.29. The molecule has 114 valence electrons. The van der Waals surface area contributed by atoms with Crippen LogP contribution < -0.4 is 10.6 Å². The van der Waals surface area contributed by atoms with Gasteiger partial charge in [-0.3, -0.25) is 4.76 Å². The summed E-state index contributed by atoms with van der Waals surface area (Å²) in [6, 6.07) is 28.7. The fourth-order valence-electron chi connectivity index (χ4n) is 2.42. The summed E-state index contributed by atoms with van der Waals surface area (Å²) in [5.41, 5.74) is 2.33. The third kappa shape index (κ3) is 3.50. The fraction of sp³-hybridized carbons (Fsp3) is 0.0500. The van der Waals surface area contributed by atoms with Gasteiger partial charge in [0, 0.05) is 16.8 Å². The molecule has 3 aromatic carbocycles. The van der Waals surface area contributed by atoms with Crippen molar-refractivity contribution in [1.82, 2.24) is 0 Å². The summed E-state index contributed by atoms with van der Waals surface area (Å²) in [4.78, 5) is 0. The summed E-state index contributed by atoms with van der Waals surface area (Å²) in [5.74, 6) is 0. The Morgan fingerprint density at radius 1 is 0.739 bits per heavy atom. The first-order valence-electron chi connectivity index (χ1n) is 7.53. The monoisotopic (exact) mass is 335 g/mol. The molecule has 0 unspecified atom stereocenters. The third-order valence-corrected chi connectivity index (χ3v) is 7.74. The summed E-state index contributed by atoms with van der Waals surface area (Å²) < 4.78 is 4.93. The van der Waals surface area contributed by atoms with Crippen LogP contribution in [0.3, 0.4) is 0 Å². The van der Waals surface area contributed by atoms with Gasteiger partial charge in [-0.15, -0.1) is 0 Å². The van der Waals surface area contributed by atoms with Crippen molar-refractivity contribution in [1.29, 1.82) is 0 Å². The van der Waals surface area contributed by atoms with Crippen molar-refractivity contribution in [2.45, 2.75) is 6.92 Å². The van der Waals surface area contributed by atoms with Gasteiger partial charge in [-0.2, -0.15) is 0 Å². The molecule has 0 bridgehead atoms. The molecule has 3 rings (SSSR count). The van der Waals surface area contributed by atoms with Gasteiger partial charge in [0.15, 0.2) is 0 Å². The Balaban J connectivity index is 2.11. The molecule has 0 radical (unpaired) electrons. The average molecular weight is 335 g/mol. The summed E-state index contributed by atoms with van der Waals surface area (Å²) in [7, 11) is 0. The summed E-state index contributed by atoms with van der Waals surface area (Å²) in [6.45, 7) is 2.09. The zero-order valence-corrected chi connectivity index (χ0v) is 14.7. The first kappa shape index (κ1) is 15.9. The second-order valence-electron chi connectivity index (χ2n) is 5.35. The molecule has 0 saturated carbocycles. The van der Waals surface area contributed by atoms with Gasteiger partial charge in [0.05, 0.1) is 0 Å². The van der Waals surface area contributed by atoms with E-state index in [4.69, 9.17) is 16.6 Å². The Labute approximate surface area is 142 Å². The zero-order valence-electron chi connectivity index (χ0n) is 13.0. The smallest absolute Gasteiger partial charge is 0.112 e. The number of aryl methyl sites for hydroxylation is 1. The van der Waals surface area contributed by atoms with E-state index in [1.54, 1.807) is 0 Å². The van der Waals surface area contributed by atoms with Gasteiger partial charge in [0.25, 0.3) is 0 Å². The van der Waals surface area contributed by atoms with Crippen LogP contribution in [-0.4, -0.2) is 6.21 Å². The molecule has 0 amide bonds.